The normalized spacial score (nSPS) is 12.9. The average molecular weight is 483 g/mol. The Hall–Kier alpha value is -3.03. The smallest absolute Gasteiger partial charge is 0.235 e. The summed E-state index contributed by atoms with van der Waals surface area (Å²) >= 11 is 2.68. The van der Waals surface area contributed by atoms with E-state index in [0.29, 0.717) is 21.5 Å². The number of aryl methyl sites for hydroxylation is 1. The van der Waals surface area contributed by atoms with Crippen LogP contribution in [0.25, 0.3) is 0 Å². The molecule has 33 heavy (non-hydrogen) atoms. The summed E-state index contributed by atoms with van der Waals surface area (Å²) in [4.78, 5) is 13.7. The van der Waals surface area contributed by atoms with E-state index >= 15 is 0 Å². The third-order valence-corrected chi connectivity index (χ3v) is 7.59. The number of carbonyl (C=O) groups is 1. The number of nitrogens with zero attached hydrogens (tertiary/aromatic N) is 4. The molecule has 1 aromatic carbocycles. The van der Waals surface area contributed by atoms with E-state index in [4.69, 9.17) is 10.6 Å². The summed E-state index contributed by atoms with van der Waals surface area (Å²) in [6, 6.07) is 10.2. The predicted molar refractivity (Wildman–Crippen MR) is 130 cm³/mol. The fraction of sp³-hybridized carbons (Fsp3) is 0.391. The molecule has 1 aliphatic rings. The molecule has 0 unspecified atom stereocenters. The Kier molecular flexibility index (Phi) is 6.63. The van der Waals surface area contributed by atoms with Crippen LogP contribution in [0.2, 0.25) is 0 Å². The van der Waals surface area contributed by atoms with Crippen LogP contribution in [0, 0.1) is 11.3 Å². The van der Waals surface area contributed by atoms with Gasteiger partial charge in [0.15, 0.2) is 5.82 Å². The van der Waals surface area contributed by atoms with E-state index in [9.17, 15) is 10.1 Å². The topological polar surface area (TPSA) is 119 Å². The zero-order valence-electron chi connectivity index (χ0n) is 18.8. The van der Waals surface area contributed by atoms with Crippen molar-refractivity contribution in [2.75, 3.05) is 16.9 Å². The van der Waals surface area contributed by atoms with Crippen molar-refractivity contribution < 1.29 is 9.53 Å². The van der Waals surface area contributed by atoms with Gasteiger partial charge in [0.2, 0.25) is 11.1 Å². The minimum Gasteiger partial charge on any atom is -0.486 e. The lowest BCUT2D eigenvalue weighted by Gasteiger charge is -2.19. The molecule has 3 N–H and O–H groups in total. The van der Waals surface area contributed by atoms with E-state index < -0.39 is 0 Å². The van der Waals surface area contributed by atoms with Gasteiger partial charge in [0, 0.05) is 4.88 Å². The molecule has 0 fully saturated rings. The number of ether oxygens (including phenoxy) is 1. The number of thiophene rings is 1. The maximum Gasteiger partial charge on any atom is 0.235 e. The Morgan fingerprint density at radius 3 is 2.76 bits per heavy atom. The first-order chi connectivity index (χ1) is 15.8. The number of rotatable bonds is 7. The summed E-state index contributed by atoms with van der Waals surface area (Å²) in [5, 5.41) is 21.5. The lowest BCUT2D eigenvalue weighted by molar-refractivity contribution is -0.113. The van der Waals surface area contributed by atoms with Crippen LogP contribution in [0.4, 0.5) is 5.00 Å². The molecule has 2 aromatic heterocycles. The van der Waals surface area contributed by atoms with Crippen LogP contribution >= 0.6 is 23.1 Å². The zero-order valence-corrected chi connectivity index (χ0v) is 20.5. The van der Waals surface area contributed by atoms with Gasteiger partial charge in [0.25, 0.3) is 0 Å². The molecule has 1 aliphatic carbocycles. The molecule has 2 heterocycles. The van der Waals surface area contributed by atoms with E-state index in [1.165, 1.54) is 38.2 Å². The quantitative estimate of drug-likeness (QED) is 0.385. The van der Waals surface area contributed by atoms with Crippen LogP contribution in [-0.2, 0) is 29.7 Å². The van der Waals surface area contributed by atoms with Gasteiger partial charge in [0.05, 0.1) is 11.3 Å². The molecule has 0 atom stereocenters. The summed E-state index contributed by atoms with van der Waals surface area (Å²) in [6.45, 7) is 6.65. The molecule has 1 amide bonds. The Morgan fingerprint density at radius 2 is 2.06 bits per heavy atom. The molecule has 0 saturated carbocycles. The fourth-order valence-electron chi connectivity index (χ4n) is 3.61. The number of benzene rings is 1. The number of nitriles is 1. The number of aromatic nitrogens is 3. The molecule has 0 radical (unpaired) electrons. The number of thioether (sulfide) groups is 1. The summed E-state index contributed by atoms with van der Waals surface area (Å²) < 4.78 is 7.13. The molecule has 0 saturated heterocycles. The summed E-state index contributed by atoms with van der Waals surface area (Å²) in [5.74, 6) is 7.17. The van der Waals surface area contributed by atoms with Gasteiger partial charge in [-0.05, 0) is 47.9 Å². The molecule has 0 aliphatic heterocycles. The minimum atomic E-state index is -0.212. The highest BCUT2D eigenvalue weighted by Gasteiger charge is 2.23. The monoisotopic (exact) mass is 482 g/mol. The highest BCUT2D eigenvalue weighted by atomic mass is 32.2. The van der Waals surface area contributed by atoms with Crippen LogP contribution in [0.5, 0.6) is 5.75 Å². The summed E-state index contributed by atoms with van der Waals surface area (Å²) in [5.41, 5.74) is 2.99. The van der Waals surface area contributed by atoms with E-state index in [1.807, 2.05) is 24.3 Å². The highest BCUT2D eigenvalue weighted by molar-refractivity contribution is 7.99. The molecule has 172 valence electrons. The highest BCUT2D eigenvalue weighted by Crippen LogP contribution is 2.38. The molecule has 4 rings (SSSR count). The molecular weight excluding hydrogens is 456 g/mol. The summed E-state index contributed by atoms with van der Waals surface area (Å²) in [6.07, 6.45) is 2.95. The molecule has 0 bridgehead atoms. The van der Waals surface area contributed by atoms with Crippen LogP contribution in [-0.4, -0.2) is 26.5 Å². The van der Waals surface area contributed by atoms with Gasteiger partial charge in [0.1, 0.15) is 23.4 Å². The lowest BCUT2D eigenvalue weighted by atomic mass is 9.87. The van der Waals surface area contributed by atoms with Gasteiger partial charge in [-0.15, -0.1) is 21.5 Å². The van der Waals surface area contributed by atoms with Crippen LogP contribution in [0.1, 0.15) is 54.6 Å². The Morgan fingerprint density at radius 1 is 1.30 bits per heavy atom. The van der Waals surface area contributed by atoms with Crippen molar-refractivity contribution in [3.05, 3.63) is 51.7 Å². The number of fused-ring (bicyclic) bond motifs is 1. The van der Waals surface area contributed by atoms with Crippen molar-refractivity contribution >= 4 is 34.0 Å². The predicted octanol–water partition coefficient (Wildman–Crippen LogP) is 4.02. The SMILES string of the molecule is CC(C)(C)c1ccc(OCc2nnc(SCC(=O)Nc3sc4c(c3C#N)CCC4)n2N)cc1. The van der Waals surface area contributed by atoms with Crippen molar-refractivity contribution in [3.8, 4) is 11.8 Å². The summed E-state index contributed by atoms with van der Waals surface area (Å²) in [7, 11) is 0. The number of carbonyl (C=O) groups excluding carboxylic acids is 1. The van der Waals surface area contributed by atoms with E-state index in [2.05, 4.69) is 42.4 Å². The molecule has 8 nitrogen and oxygen atoms in total. The lowest BCUT2D eigenvalue weighted by Crippen LogP contribution is -2.18. The number of nitrogens with two attached hydrogens (primary N) is 1. The van der Waals surface area contributed by atoms with E-state index in [0.717, 1.165) is 30.6 Å². The Balaban J connectivity index is 1.31. The minimum absolute atomic E-state index is 0.0775. The second-order valence-electron chi connectivity index (χ2n) is 8.84. The largest absolute Gasteiger partial charge is 0.486 e. The number of hydrogen-bond acceptors (Lipinski definition) is 8. The van der Waals surface area contributed by atoms with Crippen molar-refractivity contribution in [2.45, 2.75) is 57.2 Å². The maximum absolute atomic E-state index is 12.4. The number of amides is 1. The van der Waals surface area contributed by atoms with Gasteiger partial charge < -0.3 is 15.9 Å². The fourth-order valence-corrected chi connectivity index (χ4v) is 5.54. The van der Waals surface area contributed by atoms with Crippen molar-refractivity contribution in [2.24, 2.45) is 0 Å². The van der Waals surface area contributed by atoms with Gasteiger partial charge in [-0.2, -0.15) is 5.26 Å². The zero-order chi connectivity index (χ0) is 23.6. The first kappa shape index (κ1) is 23.1. The number of nitrogens with one attached hydrogen (secondary N) is 1. The first-order valence-electron chi connectivity index (χ1n) is 10.7. The third kappa shape index (κ3) is 5.15. The number of hydrogen-bond donors (Lipinski definition) is 2. The van der Waals surface area contributed by atoms with Gasteiger partial charge in [-0.1, -0.05) is 44.7 Å². The molecule has 10 heteroatoms. The standard InChI is InChI=1S/C23H26N6O2S2/c1-23(2,3)14-7-9-15(10-8-14)31-12-19-27-28-22(29(19)25)32-13-20(30)26-21-17(11-24)16-5-4-6-18(16)33-21/h7-10H,4-6,12-13,25H2,1-3H3,(H,26,30). The van der Waals surface area contributed by atoms with Gasteiger partial charge in [-0.25, -0.2) is 4.68 Å². The second kappa shape index (κ2) is 9.45. The third-order valence-electron chi connectivity index (χ3n) is 5.44. The maximum atomic E-state index is 12.4. The van der Waals surface area contributed by atoms with Gasteiger partial charge in [-0.3, -0.25) is 4.79 Å². The molecule has 0 spiro atoms. The van der Waals surface area contributed by atoms with Crippen LogP contribution in [0.3, 0.4) is 0 Å². The van der Waals surface area contributed by atoms with Crippen molar-refractivity contribution in [3.63, 3.8) is 0 Å². The average Bonchev–Trinajstić information content (AvgIpc) is 3.45. The molecular formula is C23H26N6O2S2. The number of anilines is 1. The van der Waals surface area contributed by atoms with Crippen LogP contribution < -0.4 is 15.9 Å². The second-order valence-corrected chi connectivity index (χ2v) is 10.9. The van der Waals surface area contributed by atoms with E-state index in [1.54, 1.807) is 0 Å². The Labute approximate surface area is 201 Å². The first-order valence-corrected chi connectivity index (χ1v) is 12.5. The van der Waals surface area contributed by atoms with E-state index in [-0.39, 0.29) is 23.7 Å². The molecule has 3 aromatic rings. The van der Waals surface area contributed by atoms with Crippen molar-refractivity contribution in [1.82, 2.24) is 14.9 Å². The number of nitrogen functional groups attached to an aromatic ring is 1. The van der Waals surface area contributed by atoms with Gasteiger partial charge >= 0.3 is 0 Å². The van der Waals surface area contributed by atoms with Crippen molar-refractivity contribution in [1.29, 1.82) is 5.26 Å². The van der Waals surface area contributed by atoms with Crippen LogP contribution in [0.15, 0.2) is 29.4 Å². The Bertz CT molecular complexity index is 1200.